The zero-order valence-corrected chi connectivity index (χ0v) is 9.12. The van der Waals surface area contributed by atoms with E-state index in [-0.39, 0.29) is 24.0 Å². The molecule has 2 fully saturated rings. The van der Waals surface area contributed by atoms with E-state index in [9.17, 15) is 9.59 Å². The minimum atomic E-state index is -0.357. The lowest BCUT2D eigenvalue weighted by atomic mass is 10.2. The van der Waals surface area contributed by atoms with Gasteiger partial charge in [-0.15, -0.1) is 0 Å². The third-order valence-electron chi connectivity index (χ3n) is 2.82. The van der Waals surface area contributed by atoms with Gasteiger partial charge in [-0.25, -0.2) is 0 Å². The van der Waals surface area contributed by atoms with E-state index in [1.54, 1.807) is 0 Å². The first-order valence-electron chi connectivity index (χ1n) is 5.65. The van der Waals surface area contributed by atoms with Gasteiger partial charge >= 0.3 is 0 Å². The van der Waals surface area contributed by atoms with Crippen LogP contribution in [0.5, 0.6) is 0 Å². The van der Waals surface area contributed by atoms with E-state index in [0.717, 1.165) is 13.1 Å². The number of morpholine rings is 1. The molecule has 0 aromatic carbocycles. The molecule has 0 aromatic heterocycles. The molecule has 0 radical (unpaired) electrons. The monoisotopic (exact) mass is 227 g/mol. The van der Waals surface area contributed by atoms with E-state index in [1.807, 2.05) is 0 Å². The zero-order valence-electron chi connectivity index (χ0n) is 9.12. The number of carbonyl (C=O) groups is 2. The lowest BCUT2D eigenvalue weighted by Crippen LogP contribution is -2.48. The number of nitrogens with one attached hydrogen (secondary N) is 3. The molecule has 2 rings (SSSR count). The number of amides is 2. The molecule has 90 valence electrons. The Morgan fingerprint density at radius 2 is 2.44 bits per heavy atom. The minimum absolute atomic E-state index is 0.0369. The lowest BCUT2D eigenvalue weighted by molar-refractivity contribution is -0.126. The molecule has 2 amide bonds. The average Bonchev–Trinajstić information content (AvgIpc) is 2.74. The van der Waals surface area contributed by atoms with Crippen LogP contribution in [0.25, 0.3) is 0 Å². The Kier molecular flexibility index (Phi) is 3.74. The summed E-state index contributed by atoms with van der Waals surface area (Å²) in [6.07, 6.45) is 1.07. The third kappa shape index (κ3) is 2.93. The summed E-state index contributed by atoms with van der Waals surface area (Å²) in [6.45, 7) is 2.80. The van der Waals surface area contributed by atoms with Gasteiger partial charge in [0.25, 0.3) is 0 Å². The van der Waals surface area contributed by atoms with Crippen LogP contribution in [0.3, 0.4) is 0 Å². The minimum Gasteiger partial charge on any atom is -0.374 e. The number of ether oxygens (including phenoxy) is 1. The van der Waals surface area contributed by atoms with Crippen molar-refractivity contribution in [3.8, 4) is 0 Å². The Bertz CT molecular complexity index is 276. The number of hydrogen-bond acceptors (Lipinski definition) is 4. The fraction of sp³-hybridized carbons (Fsp3) is 0.800. The summed E-state index contributed by atoms with van der Waals surface area (Å²) in [5.41, 5.74) is 0. The first-order valence-corrected chi connectivity index (χ1v) is 5.65. The van der Waals surface area contributed by atoms with Crippen LogP contribution in [-0.4, -0.2) is 50.2 Å². The average molecular weight is 227 g/mol. The summed E-state index contributed by atoms with van der Waals surface area (Å²) in [6, 6.07) is -0.357. The Morgan fingerprint density at radius 1 is 1.56 bits per heavy atom. The maximum Gasteiger partial charge on any atom is 0.242 e. The van der Waals surface area contributed by atoms with E-state index in [4.69, 9.17) is 4.74 Å². The molecule has 2 atom stereocenters. The summed E-state index contributed by atoms with van der Waals surface area (Å²) in [5.74, 6) is -0.157. The standard InChI is InChI=1S/C10H17N3O3/c14-9-2-1-8(13-9)10(15)12-6-7-5-11-3-4-16-7/h7-8,11H,1-6H2,(H,12,15)(H,13,14)/t7?,8-/m0/s1. The summed E-state index contributed by atoms with van der Waals surface area (Å²) in [7, 11) is 0. The molecular formula is C10H17N3O3. The highest BCUT2D eigenvalue weighted by Crippen LogP contribution is 2.06. The fourth-order valence-corrected chi connectivity index (χ4v) is 1.90. The van der Waals surface area contributed by atoms with Gasteiger partial charge in [0.2, 0.25) is 11.8 Å². The summed E-state index contributed by atoms with van der Waals surface area (Å²) < 4.78 is 5.45. The van der Waals surface area contributed by atoms with Crippen molar-refractivity contribution in [1.29, 1.82) is 0 Å². The van der Waals surface area contributed by atoms with Crippen LogP contribution in [0.2, 0.25) is 0 Å². The van der Waals surface area contributed by atoms with Gasteiger partial charge in [0.05, 0.1) is 12.7 Å². The lowest BCUT2D eigenvalue weighted by Gasteiger charge is -2.24. The van der Waals surface area contributed by atoms with Crippen LogP contribution in [0.15, 0.2) is 0 Å². The van der Waals surface area contributed by atoms with Crippen molar-refractivity contribution in [2.75, 3.05) is 26.2 Å². The van der Waals surface area contributed by atoms with Crippen LogP contribution < -0.4 is 16.0 Å². The Balaban J connectivity index is 1.68. The number of carbonyl (C=O) groups excluding carboxylic acids is 2. The summed E-state index contributed by atoms with van der Waals surface area (Å²) >= 11 is 0. The zero-order chi connectivity index (χ0) is 11.4. The van der Waals surface area contributed by atoms with Crippen LogP contribution in [-0.2, 0) is 14.3 Å². The van der Waals surface area contributed by atoms with Crippen molar-refractivity contribution in [1.82, 2.24) is 16.0 Å². The molecule has 6 heteroatoms. The van der Waals surface area contributed by atoms with Crippen molar-refractivity contribution in [2.24, 2.45) is 0 Å². The van der Waals surface area contributed by atoms with E-state index in [2.05, 4.69) is 16.0 Å². The summed E-state index contributed by atoms with van der Waals surface area (Å²) in [4.78, 5) is 22.6. The second-order valence-electron chi connectivity index (χ2n) is 4.10. The predicted octanol–water partition coefficient (Wildman–Crippen LogP) is -1.63. The van der Waals surface area contributed by atoms with Gasteiger partial charge in [-0.05, 0) is 6.42 Å². The van der Waals surface area contributed by atoms with Crippen molar-refractivity contribution < 1.29 is 14.3 Å². The van der Waals surface area contributed by atoms with Gasteiger partial charge in [-0.2, -0.15) is 0 Å². The molecule has 0 spiro atoms. The molecule has 0 saturated carbocycles. The van der Waals surface area contributed by atoms with Gasteiger partial charge in [0.1, 0.15) is 6.04 Å². The Labute approximate surface area is 94.1 Å². The summed E-state index contributed by atoms with van der Waals surface area (Å²) in [5, 5.41) is 8.62. The highest BCUT2D eigenvalue weighted by Gasteiger charge is 2.27. The van der Waals surface area contributed by atoms with Crippen molar-refractivity contribution in [3.05, 3.63) is 0 Å². The molecule has 2 saturated heterocycles. The molecule has 6 nitrogen and oxygen atoms in total. The molecule has 0 aromatic rings. The smallest absolute Gasteiger partial charge is 0.242 e. The van der Waals surface area contributed by atoms with Crippen LogP contribution in [0, 0.1) is 0 Å². The Hall–Kier alpha value is -1.14. The first kappa shape index (κ1) is 11.3. The van der Waals surface area contributed by atoms with Gasteiger partial charge in [0.15, 0.2) is 0 Å². The molecular weight excluding hydrogens is 210 g/mol. The van der Waals surface area contributed by atoms with Crippen LogP contribution in [0.4, 0.5) is 0 Å². The SMILES string of the molecule is O=C1CC[C@@H](C(=O)NCC2CNCCO2)N1. The van der Waals surface area contributed by atoms with Crippen LogP contribution >= 0.6 is 0 Å². The maximum absolute atomic E-state index is 11.6. The molecule has 3 N–H and O–H groups in total. The maximum atomic E-state index is 11.6. The second-order valence-corrected chi connectivity index (χ2v) is 4.10. The Morgan fingerprint density at radius 3 is 3.06 bits per heavy atom. The van der Waals surface area contributed by atoms with Crippen molar-refractivity contribution >= 4 is 11.8 Å². The predicted molar refractivity (Wildman–Crippen MR) is 56.8 cm³/mol. The van der Waals surface area contributed by atoms with Crippen molar-refractivity contribution in [3.63, 3.8) is 0 Å². The topological polar surface area (TPSA) is 79.5 Å². The third-order valence-corrected chi connectivity index (χ3v) is 2.82. The number of rotatable bonds is 3. The van der Waals surface area contributed by atoms with Gasteiger partial charge < -0.3 is 20.7 Å². The van der Waals surface area contributed by atoms with Gasteiger partial charge in [-0.1, -0.05) is 0 Å². The van der Waals surface area contributed by atoms with E-state index in [1.165, 1.54) is 0 Å². The van der Waals surface area contributed by atoms with Crippen LogP contribution in [0.1, 0.15) is 12.8 Å². The van der Waals surface area contributed by atoms with Crippen molar-refractivity contribution in [2.45, 2.75) is 25.0 Å². The van der Waals surface area contributed by atoms with Gasteiger partial charge in [0, 0.05) is 26.1 Å². The molecule has 0 bridgehead atoms. The highest BCUT2D eigenvalue weighted by atomic mass is 16.5. The molecule has 2 aliphatic heterocycles. The largest absolute Gasteiger partial charge is 0.374 e. The van der Waals surface area contributed by atoms with Gasteiger partial charge in [-0.3, -0.25) is 9.59 Å². The van der Waals surface area contributed by atoms with E-state index < -0.39 is 0 Å². The molecule has 2 aliphatic rings. The molecule has 16 heavy (non-hydrogen) atoms. The molecule has 2 heterocycles. The molecule has 1 unspecified atom stereocenters. The quantitative estimate of drug-likeness (QED) is 0.541. The normalized spacial score (nSPS) is 29.9. The molecule has 0 aliphatic carbocycles. The highest BCUT2D eigenvalue weighted by molar-refractivity contribution is 5.90. The van der Waals surface area contributed by atoms with E-state index >= 15 is 0 Å². The fourth-order valence-electron chi connectivity index (χ4n) is 1.90. The second kappa shape index (κ2) is 5.27. The first-order chi connectivity index (χ1) is 7.75. The number of hydrogen-bond donors (Lipinski definition) is 3. The van der Waals surface area contributed by atoms with E-state index in [0.29, 0.717) is 26.0 Å².